The molecule has 0 unspecified atom stereocenters. The number of benzene rings is 2. The molecule has 5 rings (SSSR count). The van der Waals surface area contributed by atoms with Gasteiger partial charge in [0.1, 0.15) is 11.4 Å². The van der Waals surface area contributed by atoms with E-state index in [9.17, 15) is 8.42 Å². The zero-order valence-corrected chi connectivity index (χ0v) is 21.1. The Labute approximate surface area is 209 Å². The second-order valence-electron chi connectivity index (χ2n) is 8.24. The van der Waals surface area contributed by atoms with Crippen molar-refractivity contribution in [2.24, 2.45) is 0 Å². The summed E-state index contributed by atoms with van der Waals surface area (Å²) in [6, 6.07) is 22.0. The van der Waals surface area contributed by atoms with Crippen molar-refractivity contribution < 1.29 is 13.2 Å². The molecule has 0 aliphatic heterocycles. The van der Waals surface area contributed by atoms with E-state index in [1.165, 1.54) is 3.97 Å². The number of hydrogen-bond donors (Lipinski definition) is 0. The molecule has 6 nitrogen and oxygen atoms in total. The lowest BCUT2D eigenvalue weighted by Crippen LogP contribution is -2.15. The van der Waals surface area contributed by atoms with Gasteiger partial charge < -0.3 is 4.74 Å². The highest BCUT2D eigenvalue weighted by Gasteiger charge is 2.22. The summed E-state index contributed by atoms with van der Waals surface area (Å²) < 4.78 is 35.3. The van der Waals surface area contributed by atoms with E-state index in [0.717, 1.165) is 27.9 Å². The van der Waals surface area contributed by atoms with Crippen molar-refractivity contribution >= 4 is 27.1 Å². The van der Waals surface area contributed by atoms with E-state index in [0.29, 0.717) is 28.8 Å². The molecule has 8 heteroatoms. The van der Waals surface area contributed by atoms with Crippen LogP contribution in [0.5, 0.6) is 5.75 Å². The van der Waals surface area contributed by atoms with Gasteiger partial charge in [-0.05, 0) is 80.9 Å². The van der Waals surface area contributed by atoms with Gasteiger partial charge in [-0.25, -0.2) is 16.9 Å². The van der Waals surface area contributed by atoms with Gasteiger partial charge in [0.05, 0.1) is 22.0 Å². The molecule has 0 N–H and O–H groups in total. The van der Waals surface area contributed by atoms with Gasteiger partial charge in [0.15, 0.2) is 0 Å². The molecule has 0 aliphatic rings. The summed E-state index contributed by atoms with van der Waals surface area (Å²) >= 11 is 6.47. The molecule has 0 amide bonds. The maximum Gasteiger partial charge on any atom is 0.268 e. The second-order valence-corrected chi connectivity index (χ2v) is 10.4. The highest BCUT2D eigenvalue weighted by Crippen LogP contribution is 2.38. The quantitative estimate of drug-likeness (QED) is 0.269. The maximum absolute atomic E-state index is 13.3. The molecule has 0 saturated carbocycles. The average molecular weight is 506 g/mol. The summed E-state index contributed by atoms with van der Waals surface area (Å²) in [5, 5.41) is 5.31. The summed E-state index contributed by atoms with van der Waals surface area (Å²) in [4.78, 5) is 0.228. The van der Waals surface area contributed by atoms with Crippen LogP contribution in [-0.4, -0.2) is 28.6 Å². The van der Waals surface area contributed by atoms with Crippen LogP contribution in [0.2, 0.25) is 5.02 Å². The van der Waals surface area contributed by atoms with Gasteiger partial charge in [0, 0.05) is 28.7 Å². The Kier molecular flexibility index (Phi) is 5.91. The third-order valence-corrected chi connectivity index (χ3v) is 8.15. The molecule has 0 spiro atoms. The van der Waals surface area contributed by atoms with Gasteiger partial charge in [0.25, 0.3) is 10.0 Å². The van der Waals surface area contributed by atoms with Gasteiger partial charge >= 0.3 is 0 Å². The topological polar surface area (TPSA) is 65.6 Å². The molecule has 0 bridgehead atoms. The van der Waals surface area contributed by atoms with Gasteiger partial charge in [-0.1, -0.05) is 29.8 Å². The lowest BCUT2D eigenvalue weighted by Gasteiger charge is -2.12. The van der Waals surface area contributed by atoms with Crippen LogP contribution in [0.15, 0.2) is 83.9 Å². The molecule has 0 fully saturated rings. The van der Waals surface area contributed by atoms with Crippen molar-refractivity contribution in [2.75, 3.05) is 6.61 Å². The zero-order chi connectivity index (χ0) is 24.7. The predicted molar refractivity (Wildman–Crippen MR) is 139 cm³/mol. The number of aromatic nitrogens is 3. The van der Waals surface area contributed by atoms with Crippen molar-refractivity contribution in [3.8, 4) is 28.1 Å². The fraction of sp³-hybridized carbons (Fsp3) is 0.148. The largest absolute Gasteiger partial charge is 0.492 e. The van der Waals surface area contributed by atoms with E-state index in [-0.39, 0.29) is 4.90 Å². The summed E-state index contributed by atoms with van der Waals surface area (Å²) in [6.45, 7) is 6.00. The van der Waals surface area contributed by atoms with Crippen LogP contribution in [-0.2, 0) is 10.0 Å². The predicted octanol–water partition coefficient (Wildman–Crippen LogP) is 6.38. The Morgan fingerprint density at radius 3 is 2.26 bits per heavy atom. The Bertz CT molecular complexity index is 1630. The molecule has 35 heavy (non-hydrogen) atoms. The Hall–Kier alpha value is -3.55. The van der Waals surface area contributed by atoms with Crippen LogP contribution in [0.4, 0.5) is 0 Å². The molecule has 0 saturated heterocycles. The van der Waals surface area contributed by atoms with Crippen LogP contribution < -0.4 is 4.74 Å². The first-order chi connectivity index (χ1) is 16.8. The summed E-state index contributed by atoms with van der Waals surface area (Å²) in [7, 11) is -3.70. The van der Waals surface area contributed by atoms with Crippen LogP contribution in [0.1, 0.15) is 18.3 Å². The number of rotatable bonds is 6. The molecule has 0 atom stereocenters. The lowest BCUT2D eigenvalue weighted by atomic mass is 10.00. The normalized spacial score (nSPS) is 11.8. The Balaban J connectivity index is 1.63. The van der Waals surface area contributed by atoms with E-state index < -0.39 is 10.0 Å². The first kappa shape index (κ1) is 23.2. The van der Waals surface area contributed by atoms with Gasteiger partial charge in [-0.15, -0.1) is 0 Å². The fourth-order valence-electron chi connectivity index (χ4n) is 4.34. The van der Waals surface area contributed by atoms with E-state index in [4.69, 9.17) is 21.4 Å². The number of fused-ring (bicyclic) bond motifs is 1. The monoisotopic (exact) mass is 505 g/mol. The maximum atomic E-state index is 13.3. The minimum absolute atomic E-state index is 0.228. The number of halogens is 1. The molecule has 2 aromatic carbocycles. The van der Waals surface area contributed by atoms with Gasteiger partial charge in [0.2, 0.25) is 0 Å². The van der Waals surface area contributed by atoms with E-state index in [1.54, 1.807) is 38.1 Å². The second kappa shape index (κ2) is 8.91. The van der Waals surface area contributed by atoms with Crippen molar-refractivity contribution in [2.45, 2.75) is 25.7 Å². The first-order valence-corrected chi connectivity index (χ1v) is 13.0. The van der Waals surface area contributed by atoms with Crippen LogP contribution in [0, 0.1) is 13.8 Å². The summed E-state index contributed by atoms with van der Waals surface area (Å²) in [6.07, 6.45) is 1.88. The van der Waals surface area contributed by atoms with Crippen LogP contribution in [0.25, 0.3) is 27.9 Å². The molecule has 3 heterocycles. The number of ether oxygens (including phenoxy) is 1. The van der Waals surface area contributed by atoms with Crippen molar-refractivity contribution in [1.29, 1.82) is 0 Å². The molecular weight excluding hydrogens is 482 g/mol. The van der Waals surface area contributed by atoms with Gasteiger partial charge in [-0.3, -0.25) is 0 Å². The lowest BCUT2D eigenvalue weighted by molar-refractivity contribution is 0.340. The van der Waals surface area contributed by atoms with Crippen molar-refractivity contribution in [3.05, 3.63) is 95.4 Å². The minimum Gasteiger partial charge on any atom is -0.492 e. The average Bonchev–Trinajstić information content (AvgIpc) is 3.40. The summed E-state index contributed by atoms with van der Waals surface area (Å²) in [5.74, 6) is 0.619. The third kappa shape index (κ3) is 4.00. The highest BCUT2D eigenvalue weighted by molar-refractivity contribution is 7.90. The van der Waals surface area contributed by atoms with Crippen molar-refractivity contribution in [3.63, 3.8) is 0 Å². The number of nitrogens with zero attached hydrogens (tertiary/aromatic N) is 3. The van der Waals surface area contributed by atoms with Crippen molar-refractivity contribution in [1.82, 2.24) is 13.6 Å². The highest BCUT2D eigenvalue weighted by atomic mass is 35.5. The Morgan fingerprint density at radius 1 is 0.914 bits per heavy atom. The molecule has 5 aromatic rings. The first-order valence-electron chi connectivity index (χ1n) is 11.2. The molecule has 3 aromatic heterocycles. The van der Waals surface area contributed by atoms with Crippen LogP contribution >= 0.6 is 11.6 Å². The number of aryl methyl sites for hydroxylation is 2. The standard InChI is InChI=1S/C27H24ClN3O3S/c1-4-34-25-15-12-21(17-23(25)28)27-26(24-7-5-6-16-30(24)29-27)20-10-13-22(14-11-20)35(32,33)31-18(2)8-9-19(31)3/h5-17H,4H2,1-3H3. The fourth-order valence-corrected chi connectivity index (χ4v) is 6.14. The number of hydrogen-bond acceptors (Lipinski definition) is 4. The third-order valence-electron chi connectivity index (χ3n) is 5.93. The molecule has 0 aliphatic carbocycles. The molecule has 178 valence electrons. The van der Waals surface area contributed by atoms with Gasteiger partial charge in [-0.2, -0.15) is 5.10 Å². The Morgan fingerprint density at radius 2 is 1.60 bits per heavy atom. The minimum atomic E-state index is -3.70. The smallest absolute Gasteiger partial charge is 0.268 e. The van der Waals surface area contributed by atoms with E-state index in [2.05, 4.69) is 0 Å². The number of pyridine rings is 1. The van der Waals surface area contributed by atoms with E-state index in [1.807, 2.05) is 66.2 Å². The summed E-state index contributed by atoms with van der Waals surface area (Å²) in [5.41, 5.74) is 5.57. The molecular formula is C27H24ClN3O3S. The van der Waals surface area contributed by atoms with Crippen LogP contribution in [0.3, 0.4) is 0 Å². The SMILES string of the molecule is CCOc1ccc(-c2nn3ccccc3c2-c2ccc(S(=O)(=O)n3c(C)ccc3C)cc2)cc1Cl. The van der Waals surface area contributed by atoms with E-state index >= 15 is 0 Å². The molecule has 0 radical (unpaired) electrons. The zero-order valence-electron chi connectivity index (χ0n) is 19.6.